The Morgan fingerprint density at radius 3 is 2.45 bits per heavy atom. The summed E-state index contributed by atoms with van der Waals surface area (Å²) < 4.78 is 6.22. The Kier molecular flexibility index (Phi) is 6.73. The molecule has 1 saturated heterocycles. The molecule has 0 saturated carbocycles. The van der Waals surface area contributed by atoms with Gasteiger partial charge in [0.05, 0.1) is 0 Å². The van der Waals surface area contributed by atoms with E-state index >= 15 is 0 Å². The molecule has 38 heavy (non-hydrogen) atoms. The summed E-state index contributed by atoms with van der Waals surface area (Å²) >= 11 is 2.97. The molecule has 4 aromatic rings. The summed E-state index contributed by atoms with van der Waals surface area (Å²) in [4.78, 5) is 36.4. The van der Waals surface area contributed by atoms with Crippen LogP contribution in [0.4, 0.5) is 0 Å². The van der Waals surface area contributed by atoms with Gasteiger partial charge in [0.1, 0.15) is 22.8 Å². The predicted octanol–water partition coefficient (Wildman–Crippen LogP) is 3.69. The number of H-pyrrole nitrogens is 2. The normalized spacial score (nSPS) is 19.7. The summed E-state index contributed by atoms with van der Waals surface area (Å²) in [5.74, 6) is -0.0352. The topological polar surface area (TPSA) is 130 Å². The van der Waals surface area contributed by atoms with Crippen molar-refractivity contribution in [2.24, 2.45) is 0 Å². The number of thioether (sulfide) groups is 2. The average Bonchev–Trinajstić information content (AvgIpc) is 3.66. The standard InChI is InChI=1S/C26H23N7O3S2/c1-15(38-26-29-31-32-30-26)18-14-37-24-19(22-27-12-13-28-22)23(34)33(24)20(18)25(35)36-21(16-8-4-2-5-9-16)17-10-6-3-7-11-17/h2-13,15,19,21,24H,14H2,1H3,(H,27,28)(H,29,30,31,32)/t15?,19?,24-/m0/s1. The van der Waals surface area contributed by atoms with Crippen LogP contribution in [0.5, 0.6) is 0 Å². The van der Waals surface area contributed by atoms with Crippen molar-refractivity contribution in [1.82, 2.24) is 35.5 Å². The van der Waals surface area contributed by atoms with Crippen molar-refractivity contribution in [1.29, 1.82) is 0 Å². The van der Waals surface area contributed by atoms with Gasteiger partial charge >= 0.3 is 5.97 Å². The number of tetrazole rings is 1. The molecule has 0 radical (unpaired) electrons. The summed E-state index contributed by atoms with van der Waals surface area (Å²) in [6.07, 6.45) is 2.69. The van der Waals surface area contributed by atoms with Crippen molar-refractivity contribution < 1.29 is 14.3 Å². The van der Waals surface area contributed by atoms with Crippen LogP contribution in [0.25, 0.3) is 0 Å². The highest BCUT2D eigenvalue weighted by Crippen LogP contribution is 2.49. The van der Waals surface area contributed by atoms with E-state index in [1.807, 2.05) is 67.6 Å². The molecule has 3 atom stereocenters. The number of hydrogen-bond donors (Lipinski definition) is 2. The molecule has 0 spiro atoms. The molecule has 4 heterocycles. The Labute approximate surface area is 226 Å². The highest BCUT2D eigenvalue weighted by atomic mass is 32.2. The maximum Gasteiger partial charge on any atom is 0.356 e. The van der Waals surface area contributed by atoms with E-state index in [1.54, 1.807) is 29.1 Å². The van der Waals surface area contributed by atoms with Crippen LogP contribution in [0.1, 0.15) is 35.9 Å². The quantitative estimate of drug-likeness (QED) is 0.193. The van der Waals surface area contributed by atoms with E-state index in [9.17, 15) is 9.59 Å². The molecule has 0 aliphatic carbocycles. The van der Waals surface area contributed by atoms with Gasteiger partial charge in [0.25, 0.3) is 0 Å². The molecule has 2 aliphatic heterocycles. The number of carbonyl (C=O) groups is 2. The number of amides is 1. The summed E-state index contributed by atoms with van der Waals surface area (Å²) in [7, 11) is 0. The van der Waals surface area contributed by atoms with Crippen LogP contribution in [0, 0.1) is 0 Å². The lowest BCUT2D eigenvalue weighted by molar-refractivity contribution is -0.153. The van der Waals surface area contributed by atoms with Crippen molar-refractivity contribution in [3.8, 4) is 0 Å². The van der Waals surface area contributed by atoms with Crippen molar-refractivity contribution in [2.75, 3.05) is 5.75 Å². The number of rotatable bonds is 8. The van der Waals surface area contributed by atoms with Gasteiger partial charge in [-0.05, 0) is 28.8 Å². The number of carbonyl (C=O) groups excluding carboxylic acids is 2. The molecule has 192 valence electrons. The summed E-state index contributed by atoms with van der Waals surface area (Å²) in [5.41, 5.74) is 2.75. The third kappa shape index (κ3) is 4.50. The van der Waals surface area contributed by atoms with Gasteiger partial charge in [-0.15, -0.1) is 22.0 Å². The Morgan fingerprint density at radius 1 is 1.13 bits per heavy atom. The van der Waals surface area contributed by atoms with Gasteiger partial charge in [-0.2, -0.15) is 5.21 Å². The zero-order valence-corrected chi connectivity index (χ0v) is 21.9. The summed E-state index contributed by atoms with van der Waals surface area (Å²) in [6.45, 7) is 1.96. The molecule has 6 rings (SSSR count). The number of aromatic nitrogens is 6. The second kappa shape index (κ2) is 10.5. The maximum absolute atomic E-state index is 14.0. The minimum absolute atomic E-state index is 0.186. The van der Waals surface area contributed by atoms with Crippen LogP contribution in [0.3, 0.4) is 0 Å². The molecule has 1 fully saturated rings. The van der Waals surface area contributed by atoms with E-state index in [1.165, 1.54) is 11.8 Å². The van der Waals surface area contributed by atoms with Crippen LogP contribution < -0.4 is 0 Å². The Bertz CT molecular complexity index is 1410. The zero-order valence-electron chi connectivity index (χ0n) is 20.2. The fraction of sp³-hybridized carbons (Fsp3) is 0.231. The van der Waals surface area contributed by atoms with E-state index in [4.69, 9.17) is 4.74 Å². The first-order chi connectivity index (χ1) is 18.6. The second-order valence-electron chi connectivity index (χ2n) is 8.80. The fourth-order valence-electron chi connectivity index (χ4n) is 4.69. The van der Waals surface area contributed by atoms with E-state index in [-0.39, 0.29) is 22.2 Å². The number of nitrogens with one attached hydrogen (secondary N) is 2. The number of aromatic amines is 2. The van der Waals surface area contributed by atoms with Crippen LogP contribution in [-0.4, -0.2) is 63.7 Å². The molecule has 2 aromatic carbocycles. The van der Waals surface area contributed by atoms with Gasteiger partial charge in [0.15, 0.2) is 6.10 Å². The minimum atomic E-state index is -0.635. The van der Waals surface area contributed by atoms with Crippen LogP contribution >= 0.6 is 23.5 Å². The Balaban J connectivity index is 1.37. The van der Waals surface area contributed by atoms with Gasteiger partial charge in [0, 0.05) is 23.4 Å². The third-order valence-corrected chi connectivity index (χ3v) is 8.86. The summed E-state index contributed by atoms with van der Waals surface area (Å²) in [6, 6.07) is 19.2. The maximum atomic E-state index is 14.0. The molecule has 10 nitrogen and oxygen atoms in total. The van der Waals surface area contributed by atoms with Crippen molar-refractivity contribution in [3.05, 3.63) is 101 Å². The largest absolute Gasteiger partial charge is 0.448 e. The Hall–Kier alpha value is -3.90. The number of imidazole rings is 1. The molecule has 2 N–H and O–H groups in total. The van der Waals surface area contributed by atoms with Crippen molar-refractivity contribution in [2.45, 2.75) is 34.7 Å². The van der Waals surface area contributed by atoms with Crippen molar-refractivity contribution >= 4 is 35.4 Å². The predicted molar refractivity (Wildman–Crippen MR) is 142 cm³/mol. The molecule has 2 aromatic heterocycles. The lowest BCUT2D eigenvalue weighted by atomic mass is 9.94. The number of esters is 1. The first-order valence-electron chi connectivity index (χ1n) is 12.0. The smallest absolute Gasteiger partial charge is 0.356 e. The Morgan fingerprint density at radius 2 is 1.84 bits per heavy atom. The van der Waals surface area contributed by atoms with Gasteiger partial charge in [-0.1, -0.05) is 72.4 Å². The first-order valence-corrected chi connectivity index (χ1v) is 13.9. The number of benzene rings is 2. The first kappa shape index (κ1) is 24.4. The molecular weight excluding hydrogens is 522 g/mol. The van der Waals surface area contributed by atoms with E-state index in [0.717, 1.165) is 16.7 Å². The van der Waals surface area contributed by atoms with E-state index in [0.29, 0.717) is 16.7 Å². The van der Waals surface area contributed by atoms with Crippen LogP contribution in [0.15, 0.2) is 89.5 Å². The van der Waals surface area contributed by atoms with Crippen LogP contribution in [-0.2, 0) is 14.3 Å². The number of hydrogen-bond acceptors (Lipinski definition) is 9. The average molecular weight is 546 g/mol. The molecule has 2 aliphatic rings. The minimum Gasteiger partial charge on any atom is -0.448 e. The number of β-lactam (4-membered cyclic amide) rings is 1. The van der Waals surface area contributed by atoms with Gasteiger partial charge in [-0.3, -0.25) is 9.69 Å². The fourth-order valence-corrected chi connectivity index (χ4v) is 7.16. The number of nitrogens with zero attached hydrogens (tertiary/aromatic N) is 5. The lowest BCUT2D eigenvalue weighted by Crippen LogP contribution is -2.60. The van der Waals surface area contributed by atoms with E-state index < -0.39 is 18.0 Å². The van der Waals surface area contributed by atoms with E-state index in [2.05, 4.69) is 30.6 Å². The number of fused-ring (bicyclic) bond motifs is 1. The SMILES string of the molecule is CC(Sc1nn[nH]n1)C1=C(C(=O)OC(c2ccccc2)c2ccccc2)N2C(=O)C(c3ncc[nH]3)[C@@H]2SC1. The highest BCUT2D eigenvalue weighted by molar-refractivity contribution is 8.01. The highest BCUT2D eigenvalue weighted by Gasteiger charge is 2.56. The third-order valence-electron chi connectivity index (χ3n) is 6.53. The molecular formula is C26H23N7O3S2. The van der Waals surface area contributed by atoms with Crippen LogP contribution in [0.2, 0.25) is 0 Å². The van der Waals surface area contributed by atoms with Gasteiger partial charge < -0.3 is 9.72 Å². The lowest BCUT2D eigenvalue weighted by Gasteiger charge is -2.49. The number of ether oxygens (including phenoxy) is 1. The monoisotopic (exact) mass is 545 g/mol. The molecule has 0 bridgehead atoms. The molecule has 1 amide bonds. The molecule has 12 heteroatoms. The second-order valence-corrected chi connectivity index (χ2v) is 11.2. The molecule has 2 unspecified atom stereocenters. The zero-order chi connectivity index (χ0) is 26.1. The van der Waals surface area contributed by atoms with Gasteiger partial charge in [0.2, 0.25) is 11.1 Å². The summed E-state index contributed by atoms with van der Waals surface area (Å²) in [5, 5.41) is 14.1. The van der Waals surface area contributed by atoms with Crippen molar-refractivity contribution in [3.63, 3.8) is 0 Å². The van der Waals surface area contributed by atoms with Gasteiger partial charge in [-0.25, -0.2) is 9.78 Å².